The molecule has 1 aromatic carbocycles. The number of rotatable bonds is 7. The van der Waals surface area contributed by atoms with Crippen LogP contribution in [0.25, 0.3) is 0 Å². The monoisotopic (exact) mass is 294 g/mol. The van der Waals surface area contributed by atoms with Crippen molar-refractivity contribution in [3.63, 3.8) is 0 Å². The van der Waals surface area contributed by atoms with Gasteiger partial charge in [-0.1, -0.05) is 25.5 Å². The molecule has 5 heteroatoms. The molecule has 0 aliphatic carbocycles. The first-order chi connectivity index (χ1) is 9.56. The fraction of sp³-hybridized carbons (Fsp3) is 0.467. The zero-order chi connectivity index (χ0) is 15.0. The van der Waals surface area contributed by atoms with Crippen LogP contribution >= 0.6 is 12.6 Å². The van der Waals surface area contributed by atoms with Gasteiger partial charge in [-0.05, 0) is 30.5 Å². The maximum Gasteiger partial charge on any atom is 0.247 e. The van der Waals surface area contributed by atoms with Gasteiger partial charge in [-0.25, -0.2) is 0 Å². The van der Waals surface area contributed by atoms with E-state index in [2.05, 4.69) is 30.2 Å². The number of aryl methyl sites for hydroxylation is 1. The summed E-state index contributed by atoms with van der Waals surface area (Å²) in [6.07, 6.45) is 3.38. The van der Waals surface area contributed by atoms with Crippen molar-refractivity contribution in [1.82, 2.24) is 5.32 Å². The molecular formula is C15H22N2O2S. The number of thiol groups is 1. The van der Waals surface area contributed by atoms with Gasteiger partial charge < -0.3 is 10.6 Å². The molecule has 0 radical (unpaired) electrons. The van der Waals surface area contributed by atoms with E-state index in [0.717, 1.165) is 18.5 Å². The van der Waals surface area contributed by atoms with Crippen LogP contribution in [0.4, 0.5) is 5.69 Å². The van der Waals surface area contributed by atoms with E-state index >= 15 is 0 Å². The molecule has 0 heterocycles. The number of benzene rings is 1. The first-order valence-electron chi connectivity index (χ1n) is 6.84. The zero-order valence-corrected chi connectivity index (χ0v) is 12.9. The Balaban J connectivity index is 2.58. The second kappa shape index (κ2) is 8.64. The highest BCUT2D eigenvalue weighted by molar-refractivity contribution is 7.80. The summed E-state index contributed by atoms with van der Waals surface area (Å²) in [6, 6.07) is 7.17. The van der Waals surface area contributed by atoms with Crippen molar-refractivity contribution in [1.29, 1.82) is 0 Å². The van der Waals surface area contributed by atoms with Gasteiger partial charge in [0, 0.05) is 18.4 Å². The number of unbranched alkanes of at least 4 members (excludes halogenated alkanes) is 1. The first-order valence-corrected chi connectivity index (χ1v) is 7.47. The molecule has 20 heavy (non-hydrogen) atoms. The molecular weight excluding hydrogens is 272 g/mol. The SMILES string of the molecule is CCCCc1ccc(NC(=O)C(CS)NC(C)=O)cc1. The maximum atomic E-state index is 12.0. The first kappa shape index (κ1) is 16.6. The molecule has 0 bridgehead atoms. The van der Waals surface area contributed by atoms with E-state index in [1.165, 1.54) is 18.9 Å². The Labute approximate surface area is 125 Å². The minimum Gasteiger partial charge on any atom is -0.344 e. The number of anilines is 1. The Morgan fingerprint density at radius 3 is 2.40 bits per heavy atom. The highest BCUT2D eigenvalue weighted by Gasteiger charge is 2.17. The predicted molar refractivity (Wildman–Crippen MR) is 85.1 cm³/mol. The Kier molecular flexibility index (Phi) is 7.15. The summed E-state index contributed by atoms with van der Waals surface area (Å²) < 4.78 is 0. The summed E-state index contributed by atoms with van der Waals surface area (Å²) in [6.45, 7) is 3.54. The number of carbonyl (C=O) groups excluding carboxylic acids is 2. The average Bonchev–Trinajstić information content (AvgIpc) is 2.43. The minimum atomic E-state index is -0.615. The largest absolute Gasteiger partial charge is 0.344 e. The molecule has 0 aliphatic heterocycles. The Morgan fingerprint density at radius 1 is 1.25 bits per heavy atom. The van der Waals surface area contributed by atoms with E-state index in [4.69, 9.17) is 0 Å². The Hall–Kier alpha value is -1.49. The lowest BCUT2D eigenvalue weighted by atomic mass is 10.1. The van der Waals surface area contributed by atoms with Crippen LogP contribution in [0.3, 0.4) is 0 Å². The average molecular weight is 294 g/mol. The highest BCUT2D eigenvalue weighted by atomic mass is 32.1. The summed E-state index contributed by atoms with van der Waals surface area (Å²) >= 11 is 4.08. The van der Waals surface area contributed by atoms with Crippen LogP contribution in [0.2, 0.25) is 0 Å². The molecule has 4 nitrogen and oxygen atoms in total. The van der Waals surface area contributed by atoms with Crippen molar-refractivity contribution in [3.05, 3.63) is 29.8 Å². The van der Waals surface area contributed by atoms with Crippen molar-refractivity contribution in [2.75, 3.05) is 11.1 Å². The Bertz CT molecular complexity index is 446. The summed E-state index contributed by atoms with van der Waals surface area (Å²) in [5.41, 5.74) is 1.99. The van der Waals surface area contributed by atoms with Crippen LogP contribution in [0, 0.1) is 0 Å². The quantitative estimate of drug-likeness (QED) is 0.676. The molecule has 0 saturated carbocycles. The van der Waals surface area contributed by atoms with Crippen molar-refractivity contribution in [3.8, 4) is 0 Å². The van der Waals surface area contributed by atoms with E-state index in [-0.39, 0.29) is 17.6 Å². The second-order valence-corrected chi connectivity index (χ2v) is 5.09. The number of carbonyl (C=O) groups is 2. The molecule has 1 unspecified atom stereocenters. The highest BCUT2D eigenvalue weighted by Crippen LogP contribution is 2.12. The van der Waals surface area contributed by atoms with Crippen LogP contribution in [0.15, 0.2) is 24.3 Å². The van der Waals surface area contributed by atoms with Crippen LogP contribution in [0.1, 0.15) is 32.3 Å². The fourth-order valence-corrected chi connectivity index (χ4v) is 2.06. The molecule has 2 amide bonds. The van der Waals surface area contributed by atoms with Gasteiger partial charge in [0.2, 0.25) is 11.8 Å². The zero-order valence-electron chi connectivity index (χ0n) is 12.0. The maximum absolute atomic E-state index is 12.0. The molecule has 1 atom stereocenters. The molecule has 0 aliphatic rings. The molecule has 2 N–H and O–H groups in total. The summed E-state index contributed by atoms with van der Waals surface area (Å²) in [4.78, 5) is 23.0. The van der Waals surface area contributed by atoms with Crippen molar-refractivity contribution in [2.45, 2.75) is 39.2 Å². The fourth-order valence-electron chi connectivity index (χ4n) is 1.80. The molecule has 1 aromatic rings. The van der Waals surface area contributed by atoms with Gasteiger partial charge in [-0.2, -0.15) is 12.6 Å². The predicted octanol–water partition coefficient (Wildman–Crippen LogP) is 2.40. The van der Waals surface area contributed by atoms with Crippen molar-refractivity contribution >= 4 is 30.1 Å². The van der Waals surface area contributed by atoms with E-state index in [1.807, 2.05) is 24.3 Å². The number of hydrogen-bond donors (Lipinski definition) is 3. The van der Waals surface area contributed by atoms with Gasteiger partial charge in [0.1, 0.15) is 6.04 Å². The van der Waals surface area contributed by atoms with Gasteiger partial charge in [0.15, 0.2) is 0 Å². The Morgan fingerprint density at radius 2 is 1.90 bits per heavy atom. The molecule has 0 saturated heterocycles. The third kappa shape index (κ3) is 5.65. The van der Waals surface area contributed by atoms with Gasteiger partial charge in [0.05, 0.1) is 0 Å². The van der Waals surface area contributed by atoms with Crippen LogP contribution in [-0.2, 0) is 16.0 Å². The molecule has 0 spiro atoms. The van der Waals surface area contributed by atoms with E-state index in [1.54, 1.807) is 0 Å². The lowest BCUT2D eigenvalue weighted by molar-refractivity contribution is -0.124. The number of amides is 2. The lowest BCUT2D eigenvalue weighted by Crippen LogP contribution is -2.44. The summed E-state index contributed by atoms with van der Waals surface area (Å²) in [5.74, 6) is -0.231. The standard InChI is InChI=1S/C15H22N2O2S/c1-3-4-5-12-6-8-13(9-7-12)17-15(19)14(10-20)16-11(2)18/h6-9,14,20H,3-5,10H2,1-2H3,(H,16,18)(H,17,19). The third-order valence-electron chi connectivity index (χ3n) is 2.92. The molecule has 110 valence electrons. The molecule has 1 rings (SSSR count). The lowest BCUT2D eigenvalue weighted by Gasteiger charge is -2.15. The third-order valence-corrected chi connectivity index (χ3v) is 3.28. The number of hydrogen-bond acceptors (Lipinski definition) is 3. The second-order valence-electron chi connectivity index (χ2n) is 4.73. The number of nitrogens with one attached hydrogen (secondary N) is 2. The topological polar surface area (TPSA) is 58.2 Å². The van der Waals surface area contributed by atoms with Gasteiger partial charge in [-0.15, -0.1) is 0 Å². The van der Waals surface area contributed by atoms with Crippen LogP contribution in [0.5, 0.6) is 0 Å². The van der Waals surface area contributed by atoms with Crippen LogP contribution < -0.4 is 10.6 Å². The normalized spacial score (nSPS) is 11.8. The minimum absolute atomic E-state index is 0.242. The summed E-state index contributed by atoms with van der Waals surface area (Å²) in [7, 11) is 0. The molecule has 0 fully saturated rings. The summed E-state index contributed by atoms with van der Waals surface area (Å²) in [5, 5.41) is 5.34. The van der Waals surface area contributed by atoms with E-state index in [0.29, 0.717) is 0 Å². The molecule has 0 aromatic heterocycles. The van der Waals surface area contributed by atoms with Crippen molar-refractivity contribution in [2.24, 2.45) is 0 Å². The van der Waals surface area contributed by atoms with Gasteiger partial charge in [-0.3, -0.25) is 9.59 Å². The van der Waals surface area contributed by atoms with Crippen LogP contribution in [-0.4, -0.2) is 23.6 Å². The van der Waals surface area contributed by atoms with Gasteiger partial charge >= 0.3 is 0 Å². The van der Waals surface area contributed by atoms with Gasteiger partial charge in [0.25, 0.3) is 0 Å². The van der Waals surface area contributed by atoms with Crippen molar-refractivity contribution < 1.29 is 9.59 Å². The smallest absolute Gasteiger partial charge is 0.247 e. The van der Waals surface area contributed by atoms with E-state index in [9.17, 15) is 9.59 Å². The van der Waals surface area contributed by atoms with E-state index < -0.39 is 6.04 Å².